The maximum absolute atomic E-state index is 12.0. The van der Waals surface area contributed by atoms with Crippen LogP contribution in [0.5, 0.6) is 0 Å². The fraction of sp³-hybridized carbons (Fsp3) is 0.308. The second-order valence-electron chi connectivity index (χ2n) is 4.65. The topological polar surface area (TPSA) is 86.5 Å². The molecule has 0 spiro atoms. The summed E-state index contributed by atoms with van der Waals surface area (Å²) in [6.45, 7) is 5.35. The zero-order valence-corrected chi connectivity index (χ0v) is 13.7. The molecule has 0 amide bonds. The number of hydrogen-bond donors (Lipinski definition) is 0. The molecule has 0 aliphatic heterocycles. The van der Waals surface area contributed by atoms with E-state index in [2.05, 4.69) is 15.1 Å². The van der Waals surface area contributed by atoms with Crippen LogP contribution in [-0.2, 0) is 11.3 Å². The molecule has 9 heteroatoms. The molecule has 114 valence electrons. The average molecular weight is 336 g/mol. The molecule has 7 nitrogen and oxygen atoms in total. The minimum absolute atomic E-state index is 0.00172. The molecule has 0 aliphatic carbocycles. The molecule has 3 aromatic heterocycles. The number of carbonyl (C=O) groups is 1. The predicted molar refractivity (Wildman–Crippen MR) is 82.6 cm³/mol. The van der Waals surface area contributed by atoms with Crippen molar-refractivity contribution >= 4 is 33.6 Å². The highest BCUT2D eigenvalue weighted by Crippen LogP contribution is 2.19. The molecule has 3 heterocycles. The Balaban J connectivity index is 1.79. The molecule has 3 rings (SSSR count). The normalized spacial score (nSPS) is 11.0. The van der Waals surface area contributed by atoms with Crippen molar-refractivity contribution in [1.82, 2.24) is 19.6 Å². The lowest BCUT2D eigenvalue weighted by Gasteiger charge is -1.99. The van der Waals surface area contributed by atoms with E-state index in [9.17, 15) is 9.59 Å². The predicted octanol–water partition coefficient (Wildman–Crippen LogP) is 1.89. The van der Waals surface area contributed by atoms with Crippen LogP contribution in [0.25, 0.3) is 4.96 Å². The number of ether oxygens (including phenoxy) is 1. The lowest BCUT2D eigenvalue weighted by molar-refractivity contribution is 0.0476. The molecule has 0 aliphatic rings. The Morgan fingerprint density at radius 2 is 2.05 bits per heavy atom. The fourth-order valence-electron chi connectivity index (χ4n) is 1.93. The van der Waals surface area contributed by atoms with Crippen LogP contribution in [0.15, 0.2) is 10.9 Å². The van der Waals surface area contributed by atoms with E-state index < -0.39 is 5.97 Å². The molecule has 0 N–H and O–H groups in total. The molecule has 0 bridgehead atoms. The summed E-state index contributed by atoms with van der Waals surface area (Å²) in [4.78, 5) is 33.2. The van der Waals surface area contributed by atoms with Gasteiger partial charge in [0.2, 0.25) is 4.96 Å². The molecule has 0 unspecified atom stereocenters. The lowest BCUT2D eigenvalue weighted by atomic mass is 10.4. The summed E-state index contributed by atoms with van der Waals surface area (Å²) in [5.74, 6) is -0.432. The maximum atomic E-state index is 12.0. The number of fused-ring (bicyclic) bond motifs is 1. The minimum Gasteiger partial charge on any atom is -0.454 e. The van der Waals surface area contributed by atoms with Gasteiger partial charge in [-0.25, -0.2) is 14.8 Å². The second kappa shape index (κ2) is 5.58. The molecule has 3 aromatic rings. The highest BCUT2D eigenvalue weighted by Gasteiger charge is 2.16. The van der Waals surface area contributed by atoms with Gasteiger partial charge >= 0.3 is 5.97 Å². The molecular formula is C13H12N4O3S2. The van der Waals surface area contributed by atoms with E-state index in [-0.39, 0.29) is 12.2 Å². The Morgan fingerprint density at radius 1 is 1.27 bits per heavy atom. The van der Waals surface area contributed by atoms with E-state index in [0.29, 0.717) is 26.2 Å². The van der Waals surface area contributed by atoms with Crippen molar-refractivity contribution in [3.63, 3.8) is 0 Å². The smallest absolute Gasteiger partial charge is 0.350 e. The van der Waals surface area contributed by atoms with Gasteiger partial charge < -0.3 is 4.74 Å². The van der Waals surface area contributed by atoms with Crippen molar-refractivity contribution in [2.24, 2.45) is 0 Å². The first-order valence-electron chi connectivity index (χ1n) is 6.41. The Bertz CT molecular complexity index is 925. The van der Waals surface area contributed by atoms with E-state index in [1.807, 2.05) is 6.92 Å². The van der Waals surface area contributed by atoms with Crippen molar-refractivity contribution in [3.05, 3.63) is 42.7 Å². The fourth-order valence-corrected chi connectivity index (χ4v) is 3.60. The van der Waals surface area contributed by atoms with E-state index >= 15 is 0 Å². The van der Waals surface area contributed by atoms with Crippen LogP contribution in [0, 0.1) is 20.8 Å². The number of rotatable bonds is 3. The van der Waals surface area contributed by atoms with Crippen molar-refractivity contribution in [2.45, 2.75) is 27.4 Å². The summed E-state index contributed by atoms with van der Waals surface area (Å²) in [5.41, 5.74) is 1.04. The van der Waals surface area contributed by atoms with E-state index in [1.165, 1.54) is 33.3 Å². The van der Waals surface area contributed by atoms with Gasteiger partial charge in [-0.05, 0) is 20.8 Å². The first kappa shape index (κ1) is 14.8. The van der Waals surface area contributed by atoms with Crippen LogP contribution in [0.1, 0.15) is 31.1 Å². The minimum atomic E-state index is -0.432. The Morgan fingerprint density at radius 3 is 2.73 bits per heavy atom. The van der Waals surface area contributed by atoms with Crippen LogP contribution in [0.3, 0.4) is 0 Å². The largest absolute Gasteiger partial charge is 0.454 e. The van der Waals surface area contributed by atoms with Crippen molar-refractivity contribution < 1.29 is 9.53 Å². The van der Waals surface area contributed by atoms with Gasteiger partial charge in [-0.15, -0.1) is 11.3 Å². The molecule has 0 saturated heterocycles. The number of nitrogens with zero attached hydrogens (tertiary/aromatic N) is 4. The molecule has 0 saturated carbocycles. The van der Waals surface area contributed by atoms with E-state index in [1.54, 1.807) is 13.8 Å². The number of aryl methyl sites for hydroxylation is 3. The number of thiazole rings is 1. The molecule has 0 radical (unpaired) electrons. The van der Waals surface area contributed by atoms with E-state index in [4.69, 9.17) is 4.74 Å². The monoisotopic (exact) mass is 336 g/mol. The third-order valence-corrected chi connectivity index (χ3v) is 4.77. The van der Waals surface area contributed by atoms with Crippen LogP contribution < -0.4 is 5.56 Å². The van der Waals surface area contributed by atoms with Crippen molar-refractivity contribution in [1.29, 1.82) is 0 Å². The summed E-state index contributed by atoms with van der Waals surface area (Å²) in [5, 5.41) is 5.45. The van der Waals surface area contributed by atoms with Gasteiger partial charge in [0.25, 0.3) is 5.56 Å². The van der Waals surface area contributed by atoms with Gasteiger partial charge in [0.1, 0.15) is 11.5 Å². The first-order chi connectivity index (χ1) is 10.4. The number of carbonyl (C=O) groups excluding carboxylic acids is 1. The van der Waals surface area contributed by atoms with Gasteiger partial charge in [-0.3, -0.25) is 4.79 Å². The Hall–Kier alpha value is -2.13. The summed E-state index contributed by atoms with van der Waals surface area (Å²) >= 11 is 2.52. The summed E-state index contributed by atoms with van der Waals surface area (Å²) in [7, 11) is 0. The summed E-state index contributed by atoms with van der Waals surface area (Å²) < 4.78 is 6.46. The SMILES string of the molecule is Cc1cc(=O)n2nc(COC(=O)c3sc(C)nc3C)sc2n1. The highest BCUT2D eigenvalue weighted by atomic mass is 32.1. The van der Waals surface area contributed by atoms with Gasteiger partial charge in [0.05, 0.1) is 10.7 Å². The molecular weight excluding hydrogens is 324 g/mol. The third-order valence-electron chi connectivity index (χ3n) is 2.83. The maximum Gasteiger partial charge on any atom is 0.350 e. The number of esters is 1. The summed E-state index contributed by atoms with van der Waals surface area (Å²) in [6, 6.07) is 1.41. The lowest BCUT2D eigenvalue weighted by Crippen LogP contribution is -2.14. The zero-order valence-electron chi connectivity index (χ0n) is 12.1. The average Bonchev–Trinajstić information content (AvgIpc) is 2.99. The van der Waals surface area contributed by atoms with Crippen LogP contribution in [0.4, 0.5) is 0 Å². The van der Waals surface area contributed by atoms with Crippen LogP contribution in [0.2, 0.25) is 0 Å². The van der Waals surface area contributed by atoms with Crippen molar-refractivity contribution in [2.75, 3.05) is 0 Å². The quantitative estimate of drug-likeness (QED) is 0.679. The number of hydrogen-bond acceptors (Lipinski definition) is 8. The van der Waals surface area contributed by atoms with Crippen LogP contribution in [-0.4, -0.2) is 25.6 Å². The van der Waals surface area contributed by atoms with Crippen LogP contribution >= 0.6 is 22.7 Å². The highest BCUT2D eigenvalue weighted by molar-refractivity contribution is 7.16. The van der Waals surface area contributed by atoms with Crippen molar-refractivity contribution in [3.8, 4) is 0 Å². The Labute approximate surface area is 133 Å². The van der Waals surface area contributed by atoms with Gasteiger partial charge in [0.15, 0.2) is 5.01 Å². The zero-order chi connectivity index (χ0) is 15.9. The molecule has 0 atom stereocenters. The third kappa shape index (κ3) is 2.77. The molecule has 22 heavy (non-hydrogen) atoms. The number of aromatic nitrogens is 4. The van der Waals surface area contributed by atoms with Gasteiger partial charge in [0, 0.05) is 11.8 Å². The Kier molecular flexibility index (Phi) is 3.75. The summed E-state index contributed by atoms with van der Waals surface area (Å²) in [6.07, 6.45) is 0. The second-order valence-corrected chi connectivity index (χ2v) is 6.89. The first-order valence-corrected chi connectivity index (χ1v) is 8.05. The molecule has 0 aromatic carbocycles. The van der Waals surface area contributed by atoms with Gasteiger partial charge in [-0.1, -0.05) is 11.3 Å². The van der Waals surface area contributed by atoms with E-state index in [0.717, 1.165) is 5.01 Å². The molecule has 0 fully saturated rings. The standard InChI is InChI=1S/C13H12N4O3S2/c1-6-4-10(18)17-13(14-6)22-9(16-17)5-20-12(19)11-7(2)15-8(3)21-11/h4H,5H2,1-3H3. The van der Waals surface area contributed by atoms with Gasteiger partial charge in [-0.2, -0.15) is 9.61 Å².